The van der Waals surface area contributed by atoms with Crippen LogP contribution in [-0.2, 0) is 22.4 Å². The number of halogens is 2. The molecule has 0 saturated heterocycles. The van der Waals surface area contributed by atoms with Gasteiger partial charge in [-0.25, -0.2) is 0 Å². The van der Waals surface area contributed by atoms with Gasteiger partial charge in [0.25, 0.3) is 0 Å². The first-order valence-corrected chi connectivity index (χ1v) is 16.9. The molecular formula is C34H51Cl2N3O4. The fourth-order valence-corrected chi connectivity index (χ4v) is 5.47. The Balaban J connectivity index is 1.41. The molecule has 0 radical (unpaired) electrons. The number of aliphatic hydroxyl groups excluding tert-OH is 1. The summed E-state index contributed by atoms with van der Waals surface area (Å²) in [5, 5.41) is 24.9. The van der Waals surface area contributed by atoms with Crippen molar-refractivity contribution in [3.63, 3.8) is 0 Å². The first-order chi connectivity index (χ1) is 20.9. The molecule has 2 aromatic carbocycles. The first kappa shape index (κ1) is 36.7. The van der Waals surface area contributed by atoms with E-state index < -0.39 is 0 Å². The third kappa shape index (κ3) is 16.8. The summed E-state index contributed by atoms with van der Waals surface area (Å²) in [4.78, 5) is 26.6. The van der Waals surface area contributed by atoms with Gasteiger partial charge in [0, 0.05) is 49.9 Å². The van der Waals surface area contributed by atoms with Crippen molar-refractivity contribution < 1.29 is 19.8 Å². The number of rotatable bonds is 24. The number of hydrogen-bond acceptors (Lipinski definition) is 5. The van der Waals surface area contributed by atoms with Crippen LogP contribution < -0.4 is 15.5 Å². The number of unbranched alkanes of at least 4 members (excludes halogenated alkanes) is 7. The molecule has 0 bridgehead atoms. The zero-order valence-corrected chi connectivity index (χ0v) is 27.1. The maximum atomic E-state index is 12.2. The standard InChI is InChI=1S/C34H51Cl2N3O4/c35-21-24-39(25-22-36)31-17-13-28(14-18-31)10-9-12-33(42)37-23-8-6-4-2-1-3-5-7-11-34(43)38-30(27-40)26-29-15-19-32(41)20-16-29/h13-20,30,40-41H,1-12,21-27H2,(H,37,42)(H,38,43)/t30-/m0/s1. The number of benzene rings is 2. The molecule has 2 rings (SSSR count). The van der Waals surface area contributed by atoms with E-state index in [2.05, 4.69) is 39.8 Å². The van der Waals surface area contributed by atoms with Crippen LogP contribution in [0.2, 0.25) is 0 Å². The molecule has 9 heteroatoms. The Morgan fingerprint density at radius 3 is 1.88 bits per heavy atom. The summed E-state index contributed by atoms with van der Waals surface area (Å²) in [6.07, 6.45) is 11.9. The highest BCUT2D eigenvalue weighted by Gasteiger charge is 2.12. The average Bonchev–Trinajstić information content (AvgIpc) is 3.01. The van der Waals surface area contributed by atoms with E-state index in [1.165, 1.54) is 12.0 Å². The fourth-order valence-electron chi connectivity index (χ4n) is 5.07. The van der Waals surface area contributed by atoms with Crippen molar-refractivity contribution in [3.05, 3.63) is 59.7 Å². The summed E-state index contributed by atoms with van der Waals surface area (Å²) in [5.74, 6) is 1.43. The number of hydrogen-bond donors (Lipinski definition) is 4. The van der Waals surface area contributed by atoms with Gasteiger partial charge in [-0.3, -0.25) is 9.59 Å². The molecule has 0 heterocycles. The molecule has 0 aliphatic rings. The third-order valence-electron chi connectivity index (χ3n) is 7.54. The normalized spacial score (nSPS) is 11.7. The van der Waals surface area contributed by atoms with Gasteiger partial charge >= 0.3 is 0 Å². The second-order valence-electron chi connectivity index (χ2n) is 11.1. The minimum Gasteiger partial charge on any atom is -0.508 e. The summed E-state index contributed by atoms with van der Waals surface area (Å²) < 4.78 is 0. The maximum absolute atomic E-state index is 12.2. The van der Waals surface area contributed by atoms with Crippen LogP contribution in [0.1, 0.15) is 81.8 Å². The highest BCUT2D eigenvalue weighted by molar-refractivity contribution is 6.18. The number of nitrogens with zero attached hydrogens (tertiary/aromatic N) is 1. The van der Waals surface area contributed by atoms with Gasteiger partial charge in [-0.05, 0) is 67.5 Å². The third-order valence-corrected chi connectivity index (χ3v) is 7.87. The molecule has 0 saturated carbocycles. The zero-order valence-electron chi connectivity index (χ0n) is 25.5. The van der Waals surface area contributed by atoms with E-state index in [1.54, 1.807) is 24.3 Å². The molecule has 0 aromatic heterocycles. The van der Waals surface area contributed by atoms with Crippen molar-refractivity contribution in [1.82, 2.24) is 10.6 Å². The van der Waals surface area contributed by atoms with E-state index in [9.17, 15) is 19.8 Å². The quantitative estimate of drug-likeness (QED) is 0.0796. The van der Waals surface area contributed by atoms with Gasteiger partial charge in [-0.15, -0.1) is 23.2 Å². The number of anilines is 1. The summed E-state index contributed by atoms with van der Waals surface area (Å²) in [6.45, 7) is 2.17. The first-order valence-electron chi connectivity index (χ1n) is 15.9. The Kier molecular flexibility index (Phi) is 19.6. The smallest absolute Gasteiger partial charge is 0.220 e. The number of phenols is 1. The number of aliphatic hydroxyl groups is 1. The fraction of sp³-hybridized carbons (Fsp3) is 0.588. The second kappa shape index (κ2) is 23.0. The minimum atomic E-state index is -0.314. The van der Waals surface area contributed by atoms with Gasteiger partial charge in [0.2, 0.25) is 11.8 Å². The van der Waals surface area contributed by atoms with Crippen molar-refractivity contribution in [2.45, 2.75) is 89.5 Å². The van der Waals surface area contributed by atoms with Crippen molar-refractivity contribution in [1.29, 1.82) is 0 Å². The molecule has 7 nitrogen and oxygen atoms in total. The summed E-state index contributed by atoms with van der Waals surface area (Å²) >= 11 is 11.8. The molecule has 0 fully saturated rings. The molecule has 2 amide bonds. The molecule has 2 aromatic rings. The van der Waals surface area contributed by atoms with E-state index in [0.29, 0.717) is 31.0 Å². The molecule has 0 aliphatic heterocycles. The van der Waals surface area contributed by atoms with Crippen LogP contribution in [0, 0.1) is 0 Å². The van der Waals surface area contributed by atoms with Crippen molar-refractivity contribution in [2.24, 2.45) is 0 Å². The van der Waals surface area contributed by atoms with Crippen molar-refractivity contribution in [2.75, 3.05) is 42.9 Å². The van der Waals surface area contributed by atoms with E-state index in [-0.39, 0.29) is 30.2 Å². The zero-order chi connectivity index (χ0) is 31.1. The number of carbonyl (C=O) groups is 2. The Morgan fingerprint density at radius 1 is 0.721 bits per heavy atom. The highest BCUT2D eigenvalue weighted by Crippen LogP contribution is 2.17. The van der Waals surface area contributed by atoms with Crippen LogP contribution in [0.4, 0.5) is 5.69 Å². The van der Waals surface area contributed by atoms with Gasteiger partial charge in [0.1, 0.15) is 5.75 Å². The van der Waals surface area contributed by atoms with Crippen LogP contribution in [0.25, 0.3) is 0 Å². The lowest BCUT2D eigenvalue weighted by atomic mass is 10.1. The lowest BCUT2D eigenvalue weighted by Gasteiger charge is -2.23. The number of aryl methyl sites for hydroxylation is 1. The monoisotopic (exact) mass is 635 g/mol. The van der Waals surface area contributed by atoms with Gasteiger partial charge in [0.05, 0.1) is 12.6 Å². The Morgan fingerprint density at radius 2 is 1.28 bits per heavy atom. The van der Waals surface area contributed by atoms with Crippen LogP contribution >= 0.6 is 23.2 Å². The van der Waals surface area contributed by atoms with Crippen molar-refractivity contribution >= 4 is 40.7 Å². The average molecular weight is 637 g/mol. The molecule has 4 N–H and O–H groups in total. The lowest BCUT2D eigenvalue weighted by molar-refractivity contribution is -0.122. The van der Waals surface area contributed by atoms with Crippen LogP contribution in [0.15, 0.2) is 48.5 Å². The van der Waals surface area contributed by atoms with Gasteiger partial charge in [-0.2, -0.15) is 0 Å². The van der Waals surface area contributed by atoms with E-state index in [1.807, 2.05) is 0 Å². The van der Waals surface area contributed by atoms with Gasteiger partial charge in [-0.1, -0.05) is 62.8 Å². The highest BCUT2D eigenvalue weighted by atomic mass is 35.5. The number of alkyl halides is 2. The second-order valence-corrected chi connectivity index (χ2v) is 11.9. The topological polar surface area (TPSA) is 102 Å². The SMILES string of the molecule is O=C(CCCc1ccc(N(CCCl)CCCl)cc1)NCCCCCCCCCCC(=O)N[C@H](CO)Cc1ccc(O)cc1. The van der Waals surface area contributed by atoms with E-state index in [4.69, 9.17) is 23.2 Å². The lowest BCUT2D eigenvalue weighted by Crippen LogP contribution is -2.38. The summed E-state index contributed by atoms with van der Waals surface area (Å²) in [5.41, 5.74) is 3.32. The number of phenolic OH excluding ortho intramolecular Hbond substituents is 1. The summed E-state index contributed by atoms with van der Waals surface area (Å²) in [7, 11) is 0. The maximum Gasteiger partial charge on any atom is 0.220 e. The number of aromatic hydroxyl groups is 1. The number of carbonyl (C=O) groups excluding carboxylic acids is 2. The number of nitrogens with one attached hydrogen (secondary N) is 2. The molecule has 240 valence electrons. The van der Waals surface area contributed by atoms with Gasteiger partial charge in [0.15, 0.2) is 0 Å². The molecule has 0 aliphatic carbocycles. The Bertz CT molecular complexity index is 1020. The van der Waals surface area contributed by atoms with Crippen LogP contribution in [0.3, 0.4) is 0 Å². The predicted molar refractivity (Wildman–Crippen MR) is 178 cm³/mol. The molecule has 43 heavy (non-hydrogen) atoms. The van der Waals surface area contributed by atoms with E-state index >= 15 is 0 Å². The Hall–Kier alpha value is -2.48. The number of amides is 2. The minimum absolute atomic E-state index is 0.0257. The van der Waals surface area contributed by atoms with Crippen LogP contribution in [-0.4, -0.2) is 66.1 Å². The molecule has 1 atom stereocenters. The van der Waals surface area contributed by atoms with Crippen LogP contribution in [0.5, 0.6) is 5.75 Å². The largest absolute Gasteiger partial charge is 0.508 e. The summed E-state index contributed by atoms with van der Waals surface area (Å²) in [6, 6.07) is 14.9. The van der Waals surface area contributed by atoms with Crippen molar-refractivity contribution in [3.8, 4) is 5.75 Å². The molecule has 0 spiro atoms. The molecular weight excluding hydrogens is 585 g/mol. The van der Waals surface area contributed by atoms with Gasteiger partial charge < -0.3 is 25.7 Å². The predicted octanol–water partition coefficient (Wildman–Crippen LogP) is 6.35. The molecule has 0 unspecified atom stereocenters. The van der Waals surface area contributed by atoms with E-state index in [0.717, 1.165) is 88.7 Å². The Labute approximate surface area is 268 Å².